The van der Waals surface area contributed by atoms with Crippen molar-refractivity contribution in [3.05, 3.63) is 39.3 Å². The predicted octanol–water partition coefficient (Wildman–Crippen LogP) is 4.00. The van der Waals surface area contributed by atoms with Crippen molar-refractivity contribution in [1.29, 1.82) is 0 Å². The summed E-state index contributed by atoms with van der Waals surface area (Å²) in [6.45, 7) is 1.76. The topological polar surface area (TPSA) is 56.0 Å². The molecule has 0 radical (unpaired) electrons. The maximum absolute atomic E-state index is 12.0. The fraction of sp³-hybridized carbons (Fsp3) is 0.154. The first-order valence-electron chi connectivity index (χ1n) is 5.71. The molecule has 0 aliphatic heterocycles. The van der Waals surface area contributed by atoms with E-state index in [0.29, 0.717) is 26.5 Å². The summed E-state index contributed by atoms with van der Waals surface area (Å²) in [4.78, 5) is 18.0. The van der Waals surface area contributed by atoms with Gasteiger partial charge in [0.2, 0.25) is 5.89 Å². The van der Waals surface area contributed by atoms with Gasteiger partial charge in [0.05, 0.1) is 16.3 Å². The summed E-state index contributed by atoms with van der Waals surface area (Å²) in [6.07, 6.45) is 1.96. The van der Waals surface area contributed by atoms with Gasteiger partial charge in [-0.25, -0.2) is 4.79 Å². The lowest BCUT2D eigenvalue weighted by Crippen LogP contribution is -2.02. The highest BCUT2D eigenvalue weighted by molar-refractivity contribution is 7.98. The number of aromatic nitrogens is 2. The van der Waals surface area contributed by atoms with Gasteiger partial charge in [-0.1, -0.05) is 11.6 Å². The molecule has 0 N–H and O–H groups in total. The smallest absolute Gasteiger partial charge is 0.349 e. The summed E-state index contributed by atoms with van der Waals surface area (Å²) >= 11 is 8.94. The summed E-state index contributed by atoms with van der Waals surface area (Å²) in [5, 5.41) is 0.940. The van der Waals surface area contributed by atoms with Crippen molar-refractivity contribution < 1.29 is 4.42 Å². The molecule has 3 aromatic rings. The molecule has 0 unspecified atom stereocenters. The van der Waals surface area contributed by atoms with Gasteiger partial charge in [0, 0.05) is 4.90 Å². The molecule has 0 saturated heterocycles. The molecule has 0 atom stereocenters. The Labute approximate surface area is 128 Å². The fourth-order valence-electron chi connectivity index (χ4n) is 1.83. The number of benzene rings is 1. The maximum atomic E-state index is 12.0. The summed E-state index contributed by atoms with van der Waals surface area (Å²) in [6, 6.07) is 5.54. The molecule has 0 aliphatic carbocycles. The number of hydrogen-bond donors (Lipinski definition) is 0. The van der Waals surface area contributed by atoms with Crippen molar-refractivity contribution in [2.75, 3.05) is 6.26 Å². The van der Waals surface area contributed by atoms with E-state index >= 15 is 0 Å². The highest BCUT2D eigenvalue weighted by Crippen LogP contribution is 2.31. The summed E-state index contributed by atoms with van der Waals surface area (Å²) in [7, 11) is 0. The first-order valence-corrected chi connectivity index (χ1v) is 8.09. The zero-order valence-corrected chi connectivity index (χ0v) is 13.0. The lowest BCUT2D eigenvalue weighted by atomic mass is 10.2. The van der Waals surface area contributed by atoms with E-state index in [9.17, 15) is 4.79 Å². The average Bonchev–Trinajstić information content (AvgIpc) is 2.81. The van der Waals surface area contributed by atoms with Gasteiger partial charge in [0.1, 0.15) is 5.39 Å². The molecule has 2 heterocycles. The van der Waals surface area contributed by atoms with Crippen LogP contribution in [0.5, 0.6) is 0 Å². The minimum Gasteiger partial charge on any atom is -0.403 e. The Hall–Kier alpha value is -1.37. The fourth-order valence-corrected chi connectivity index (χ4v) is 3.23. The molecular formula is C13H9ClN2O2S2. The monoisotopic (exact) mass is 324 g/mol. The molecule has 1 aromatic carbocycles. The molecular weight excluding hydrogens is 316 g/mol. The lowest BCUT2D eigenvalue weighted by Gasteiger charge is -2.04. The Morgan fingerprint density at radius 3 is 2.95 bits per heavy atom. The van der Waals surface area contributed by atoms with Crippen LogP contribution in [0.4, 0.5) is 0 Å². The number of hydrogen-bond acceptors (Lipinski definition) is 6. The van der Waals surface area contributed by atoms with Gasteiger partial charge in [0.15, 0.2) is 4.83 Å². The van der Waals surface area contributed by atoms with E-state index in [-0.39, 0.29) is 5.89 Å². The number of aryl methyl sites for hydroxylation is 1. The molecule has 0 amide bonds. The Balaban J connectivity index is 2.27. The second-order valence-corrected chi connectivity index (χ2v) is 6.14. The molecule has 0 aliphatic rings. The van der Waals surface area contributed by atoms with Gasteiger partial charge in [0.25, 0.3) is 0 Å². The van der Waals surface area contributed by atoms with Crippen LogP contribution in [-0.2, 0) is 0 Å². The van der Waals surface area contributed by atoms with Crippen molar-refractivity contribution in [1.82, 2.24) is 9.36 Å². The van der Waals surface area contributed by atoms with Gasteiger partial charge in [-0.05, 0) is 42.9 Å². The molecule has 7 heteroatoms. The van der Waals surface area contributed by atoms with E-state index in [1.807, 2.05) is 18.4 Å². The third kappa shape index (κ3) is 2.24. The highest BCUT2D eigenvalue weighted by atomic mass is 35.5. The van der Waals surface area contributed by atoms with Crippen molar-refractivity contribution >= 4 is 45.1 Å². The first kappa shape index (κ1) is 13.6. The molecule has 3 rings (SSSR count). The average molecular weight is 325 g/mol. The van der Waals surface area contributed by atoms with Crippen LogP contribution in [0.3, 0.4) is 0 Å². The van der Waals surface area contributed by atoms with E-state index in [1.165, 1.54) is 11.5 Å². The predicted molar refractivity (Wildman–Crippen MR) is 82.9 cm³/mol. The van der Waals surface area contributed by atoms with Crippen LogP contribution in [0.1, 0.15) is 5.69 Å². The van der Waals surface area contributed by atoms with E-state index in [2.05, 4.69) is 9.36 Å². The summed E-state index contributed by atoms with van der Waals surface area (Å²) < 4.78 is 9.43. The van der Waals surface area contributed by atoms with Crippen LogP contribution >= 0.6 is 34.9 Å². The molecule has 0 spiro atoms. The standard InChI is InChI=1S/C13H9ClN2O2S2/c1-6-10-12(20-16-6)15-11(18-13(10)17)8-5-7(19-2)3-4-9(8)14/h3-5H,1-2H3. The lowest BCUT2D eigenvalue weighted by molar-refractivity contribution is 0.518. The summed E-state index contributed by atoms with van der Waals surface area (Å²) in [5.41, 5.74) is 0.826. The Morgan fingerprint density at radius 2 is 2.20 bits per heavy atom. The maximum Gasteiger partial charge on any atom is 0.349 e. The van der Waals surface area contributed by atoms with Gasteiger partial charge in [-0.3, -0.25) is 0 Å². The second-order valence-electron chi connectivity index (χ2n) is 4.10. The third-order valence-electron chi connectivity index (χ3n) is 2.85. The molecule has 4 nitrogen and oxygen atoms in total. The molecule has 102 valence electrons. The van der Waals surface area contributed by atoms with Gasteiger partial charge in [-0.15, -0.1) is 11.8 Å². The first-order chi connectivity index (χ1) is 9.60. The largest absolute Gasteiger partial charge is 0.403 e. The molecule has 0 saturated carbocycles. The van der Waals surface area contributed by atoms with Crippen LogP contribution in [-0.4, -0.2) is 15.6 Å². The Bertz CT molecular complexity index is 857. The molecule has 20 heavy (non-hydrogen) atoms. The molecule has 0 bridgehead atoms. The number of rotatable bonds is 2. The quantitative estimate of drug-likeness (QED) is 0.667. The Morgan fingerprint density at radius 1 is 1.40 bits per heavy atom. The normalized spacial score (nSPS) is 11.2. The minimum absolute atomic E-state index is 0.229. The van der Waals surface area contributed by atoms with Gasteiger partial charge >= 0.3 is 5.63 Å². The van der Waals surface area contributed by atoms with Crippen molar-refractivity contribution in [2.45, 2.75) is 11.8 Å². The second kappa shape index (κ2) is 5.20. The number of thioether (sulfide) groups is 1. The number of fused-ring (bicyclic) bond motifs is 1. The minimum atomic E-state index is -0.429. The SMILES string of the molecule is CSc1ccc(Cl)c(-c2nc3snc(C)c3c(=O)o2)c1. The van der Waals surface area contributed by atoms with Crippen molar-refractivity contribution in [3.63, 3.8) is 0 Å². The number of halogens is 1. The van der Waals surface area contributed by atoms with Crippen LogP contribution < -0.4 is 5.63 Å². The van der Waals surface area contributed by atoms with Crippen molar-refractivity contribution in [2.24, 2.45) is 0 Å². The van der Waals surface area contributed by atoms with Crippen LogP contribution in [0.25, 0.3) is 21.7 Å². The van der Waals surface area contributed by atoms with Crippen LogP contribution in [0, 0.1) is 6.92 Å². The third-order valence-corrected chi connectivity index (χ3v) is 4.73. The van der Waals surface area contributed by atoms with Gasteiger partial charge in [-0.2, -0.15) is 9.36 Å². The number of nitrogens with zero attached hydrogens (tertiary/aromatic N) is 2. The van der Waals surface area contributed by atoms with Crippen LogP contribution in [0.2, 0.25) is 5.02 Å². The molecule has 2 aromatic heterocycles. The molecule has 0 fully saturated rings. The Kier molecular flexibility index (Phi) is 3.54. The van der Waals surface area contributed by atoms with Crippen molar-refractivity contribution in [3.8, 4) is 11.5 Å². The summed E-state index contributed by atoms with van der Waals surface area (Å²) in [5.74, 6) is 0.229. The van der Waals surface area contributed by atoms with Gasteiger partial charge < -0.3 is 4.42 Å². The van der Waals surface area contributed by atoms with E-state index < -0.39 is 5.63 Å². The van der Waals surface area contributed by atoms with Crippen LogP contribution in [0.15, 0.2) is 32.3 Å². The zero-order valence-electron chi connectivity index (χ0n) is 10.6. The zero-order chi connectivity index (χ0) is 14.3. The van der Waals surface area contributed by atoms with E-state index in [0.717, 1.165) is 4.90 Å². The highest BCUT2D eigenvalue weighted by Gasteiger charge is 2.15. The van der Waals surface area contributed by atoms with E-state index in [4.69, 9.17) is 16.0 Å². The van der Waals surface area contributed by atoms with E-state index in [1.54, 1.807) is 24.8 Å².